The number of carbonyl (C=O) groups excluding carboxylic acids is 1. The lowest BCUT2D eigenvalue weighted by atomic mass is 9.92. The maximum absolute atomic E-state index is 12.0. The molecule has 0 saturated carbocycles. The maximum atomic E-state index is 12.0. The molecule has 2 N–H and O–H groups in total. The molecule has 0 amide bonds. The molecule has 0 bridgehead atoms. The van der Waals surface area contributed by atoms with Crippen LogP contribution in [0.2, 0.25) is 0 Å². The molecule has 2 aromatic rings. The van der Waals surface area contributed by atoms with Crippen LogP contribution in [0.4, 0.5) is 0 Å². The third-order valence-corrected chi connectivity index (χ3v) is 4.61. The summed E-state index contributed by atoms with van der Waals surface area (Å²) in [6.45, 7) is 1.96. The zero-order chi connectivity index (χ0) is 17.3. The Kier molecular flexibility index (Phi) is 4.09. The summed E-state index contributed by atoms with van der Waals surface area (Å²) >= 11 is 0. The number of nitrogens with two attached hydrogens (primary N) is 1. The molecule has 24 heavy (non-hydrogen) atoms. The second kappa shape index (κ2) is 6.07. The minimum atomic E-state index is -3.77. The molecule has 0 fully saturated rings. The monoisotopic (exact) mass is 341 g/mol. The van der Waals surface area contributed by atoms with Gasteiger partial charge in [0.15, 0.2) is 0 Å². The Hall–Kier alpha value is -2.70. The van der Waals surface area contributed by atoms with E-state index in [0.29, 0.717) is 16.7 Å². The molecule has 0 unspecified atom stereocenters. The Morgan fingerprint density at radius 2 is 1.75 bits per heavy atom. The van der Waals surface area contributed by atoms with Gasteiger partial charge in [-0.3, -0.25) is 0 Å². The molecule has 1 aliphatic heterocycles. The molecular formula is C18H15NO4S. The van der Waals surface area contributed by atoms with Crippen LogP contribution in [-0.4, -0.2) is 14.4 Å². The highest BCUT2D eigenvalue weighted by molar-refractivity contribution is 7.89. The number of primary sulfonamides is 1. The van der Waals surface area contributed by atoms with Crippen LogP contribution in [0.3, 0.4) is 0 Å². The molecule has 122 valence electrons. The number of cyclic esters (lactones) is 1. The van der Waals surface area contributed by atoms with Crippen molar-refractivity contribution >= 4 is 21.6 Å². The fourth-order valence-corrected chi connectivity index (χ4v) is 3.09. The molecule has 5 nitrogen and oxygen atoms in total. The van der Waals surface area contributed by atoms with Gasteiger partial charge >= 0.3 is 5.97 Å². The van der Waals surface area contributed by atoms with E-state index in [2.05, 4.69) is 0 Å². The Labute approximate surface area is 140 Å². The predicted molar refractivity (Wildman–Crippen MR) is 90.2 cm³/mol. The van der Waals surface area contributed by atoms with Gasteiger partial charge in [0.25, 0.3) is 0 Å². The van der Waals surface area contributed by atoms with Gasteiger partial charge in [0.2, 0.25) is 10.0 Å². The fraction of sp³-hybridized carbons (Fsp3) is 0.0556. The van der Waals surface area contributed by atoms with E-state index in [1.165, 1.54) is 18.4 Å². The molecule has 0 aromatic heterocycles. The van der Waals surface area contributed by atoms with E-state index < -0.39 is 16.0 Å². The van der Waals surface area contributed by atoms with Crippen LogP contribution < -0.4 is 5.14 Å². The quantitative estimate of drug-likeness (QED) is 0.686. The van der Waals surface area contributed by atoms with Gasteiger partial charge in [-0.2, -0.15) is 0 Å². The first-order chi connectivity index (χ1) is 11.4. The van der Waals surface area contributed by atoms with E-state index in [-0.39, 0.29) is 4.90 Å². The van der Waals surface area contributed by atoms with E-state index in [4.69, 9.17) is 9.88 Å². The predicted octanol–water partition coefficient (Wildman–Crippen LogP) is 2.51. The average Bonchev–Trinajstić information content (AvgIpc) is 2.93. The van der Waals surface area contributed by atoms with Crippen LogP contribution in [0, 0.1) is 6.92 Å². The SMILES string of the molecule is Cc1cccc(C(=C2C=COC2=O)c2ccc(S(N)(=O)=O)cc2)c1. The van der Waals surface area contributed by atoms with Gasteiger partial charge in [0.1, 0.15) is 0 Å². The van der Waals surface area contributed by atoms with Gasteiger partial charge in [0, 0.05) is 5.57 Å². The van der Waals surface area contributed by atoms with E-state index in [0.717, 1.165) is 11.1 Å². The minimum Gasteiger partial charge on any atom is -0.431 e. The summed E-state index contributed by atoms with van der Waals surface area (Å²) in [5.74, 6) is -0.443. The summed E-state index contributed by atoms with van der Waals surface area (Å²) in [5, 5.41) is 5.13. The third kappa shape index (κ3) is 3.15. The average molecular weight is 341 g/mol. The summed E-state index contributed by atoms with van der Waals surface area (Å²) in [6.07, 6.45) is 2.94. The van der Waals surface area contributed by atoms with Crippen molar-refractivity contribution in [3.63, 3.8) is 0 Å². The minimum absolute atomic E-state index is 0.0179. The zero-order valence-corrected chi connectivity index (χ0v) is 13.7. The van der Waals surface area contributed by atoms with E-state index >= 15 is 0 Å². The van der Waals surface area contributed by atoms with Gasteiger partial charge in [-0.05, 0) is 36.3 Å². The van der Waals surface area contributed by atoms with E-state index in [9.17, 15) is 13.2 Å². The van der Waals surface area contributed by atoms with Crippen molar-refractivity contribution < 1.29 is 17.9 Å². The van der Waals surface area contributed by atoms with Crippen LogP contribution in [0.15, 0.2) is 71.3 Å². The Morgan fingerprint density at radius 1 is 1.04 bits per heavy atom. The number of hydrogen-bond acceptors (Lipinski definition) is 4. The molecular weight excluding hydrogens is 326 g/mol. The van der Waals surface area contributed by atoms with E-state index in [1.807, 2.05) is 31.2 Å². The van der Waals surface area contributed by atoms with Crippen molar-refractivity contribution in [2.75, 3.05) is 0 Å². The Morgan fingerprint density at radius 3 is 2.29 bits per heavy atom. The van der Waals surface area contributed by atoms with Crippen LogP contribution in [-0.2, 0) is 19.6 Å². The largest absolute Gasteiger partial charge is 0.431 e. The number of sulfonamides is 1. The number of ether oxygens (including phenoxy) is 1. The van der Waals surface area contributed by atoms with Crippen molar-refractivity contribution in [1.82, 2.24) is 0 Å². The van der Waals surface area contributed by atoms with Crippen molar-refractivity contribution in [1.29, 1.82) is 0 Å². The lowest BCUT2D eigenvalue weighted by Crippen LogP contribution is -2.12. The van der Waals surface area contributed by atoms with Crippen molar-refractivity contribution in [2.45, 2.75) is 11.8 Å². The van der Waals surface area contributed by atoms with Crippen LogP contribution in [0.1, 0.15) is 16.7 Å². The van der Waals surface area contributed by atoms with Crippen molar-refractivity contribution in [3.05, 3.63) is 83.1 Å². The molecule has 0 saturated heterocycles. The highest BCUT2D eigenvalue weighted by Crippen LogP contribution is 2.31. The number of carbonyl (C=O) groups is 1. The summed E-state index contributed by atoms with van der Waals surface area (Å²) < 4.78 is 27.7. The maximum Gasteiger partial charge on any atom is 0.343 e. The molecule has 6 heteroatoms. The first-order valence-electron chi connectivity index (χ1n) is 7.18. The lowest BCUT2D eigenvalue weighted by molar-refractivity contribution is -0.132. The van der Waals surface area contributed by atoms with Gasteiger partial charge in [-0.1, -0.05) is 42.0 Å². The fourth-order valence-electron chi connectivity index (χ4n) is 2.57. The third-order valence-electron chi connectivity index (χ3n) is 3.68. The summed E-state index contributed by atoms with van der Waals surface area (Å²) in [6, 6.07) is 13.8. The van der Waals surface area contributed by atoms with Gasteiger partial charge in [-0.15, -0.1) is 0 Å². The van der Waals surface area contributed by atoms with Crippen molar-refractivity contribution in [3.8, 4) is 0 Å². The first kappa shape index (κ1) is 16.2. The number of rotatable bonds is 3. The van der Waals surface area contributed by atoms with Crippen LogP contribution >= 0.6 is 0 Å². The molecule has 0 atom stereocenters. The number of hydrogen-bond donors (Lipinski definition) is 1. The van der Waals surface area contributed by atoms with Gasteiger partial charge in [-0.25, -0.2) is 18.4 Å². The zero-order valence-electron chi connectivity index (χ0n) is 12.9. The van der Waals surface area contributed by atoms with Crippen LogP contribution in [0.25, 0.3) is 5.57 Å². The summed E-state index contributed by atoms with van der Waals surface area (Å²) in [5.41, 5.74) is 3.69. The smallest absolute Gasteiger partial charge is 0.343 e. The topological polar surface area (TPSA) is 86.5 Å². The first-order valence-corrected chi connectivity index (χ1v) is 8.73. The van der Waals surface area contributed by atoms with Crippen molar-refractivity contribution in [2.24, 2.45) is 5.14 Å². The molecule has 0 aliphatic carbocycles. The number of esters is 1. The molecule has 0 spiro atoms. The second-order valence-corrected chi connectivity index (χ2v) is 7.00. The molecule has 0 radical (unpaired) electrons. The van der Waals surface area contributed by atoms with Crippen LogP contribution in [0.5, 0.6) is 0 Å². The standard InChI is InChI=1S/C18H15NO4S/c1-12-3-2-4-14(11-12)17(16-9-10-23-18(16)20)13-5-7-15(8-6-13)24(19,21)22/h2-11H,1H3,(H2,19,21,22). The normalized spacial score (nSPS) is 16.2. The number of aryl methyl sites for hydroxylation is 1. The summed E-state index contributed by atoms with van der Waals surface area (Å²) in [4.78, 5) is 12.0. The summed E-state index contributed by atoms with van der Waals surface area (Å²) in [7, 11) is -3.77. The second-order valence-electron chi connectivity index (χ2n) is 5.44. The molecule has 3 rings (SSSR count). The molecule has 1 aliphatic rings. The number of benzene rings is 2. The Bertz CT molecular complexity index is 970. The Balaban J connectivity index is 2.20. The highest BCUT2D eigenvalue weighted by atomic mass is 32.2. The van der Waals surface area contributed by atoms with E-state index in [1.54, 1.807) is 18.2 Å². The van der Waals surface area contributed by atoms with Gasteiger partial charge < -0.3 is 4.74 Å². The van der Waals surface area contributed by atoms with Gasteiger partial charge in [0.05, 0.1) is 16.7 Å². The lowest BCUT2D eigenvalue weighted by Gasteiger charge is -2.12. The molecule has 1 heterocycles. The highest BCUT2D eigenvalue weighted by Gasteiger charge is 2.21. The molecule has 2 aromatic carbocycles.